The number of rotatable bonds is 11. The van der Waals surface area contributed by atoms with Crippen LogP contribution in [0.25, 0.3) is 0 Å². The minimum atomic E-state index is -2.01. The van der Waals surface area contributed by atoms with Crippen LogP contribution in [-0.2, 0) is 38.2 Å². The van der Waals surface area contributed by atoms with Gasteiger partial charge in [-0.05, 0) is 0 Å². The highest BCUT2D eigenvalue weighted by Gasteiger charge is 2.50. The maximum atomic E-state index is 12.2. The van der Waals surface area contributed by atoms with Gasteiger partial charge in [0, 0.05) is 0 Å². The fourth-order valence-electron chi connectivity index (χ4n) is 2.24. The Bertz CT molecular complexity index is 674. The SMILES string of the molecule is O=C(O)CC(NC(CC(=O)O)C(=O)OC1C(=O)C(=O)O[C@@H]1[C@@H](O)CO)C(=O)O. The molecule has 0 aromatic carbocycles. The predicted molar refractivity (Wildman–Crippen MR) is 80.7 cm³/mol. The molecule has 14 heteroatoms. The van der Waals surface area contributed by atoms with Crippen LogP contribution in [-0.4, -0.2) is 98.2 Å². The molecule has 0 aromatic heterocycles. The highest BCUT2D eigenvalue weighted by atomic mass is 16.6. The third kappa shape index (κ3) is 5.97. The summed E-state index contributed by atoms with van der Waals surface area (Å²) in [5, 5.41) is 47.0. The van der Waals surface area contributed by atoms with Gasteiger partial charge in [-0.1, -0.05) is 0 Å². The highest BCUT2D eigenvalue weighted by molar-refractivity contribution is 6.37. The number of carbonyl (C=O) groups is 6. The quantitative estimate of drug-likeness (QED) is 0.142. The van der Waals surface area contributed by atoms with Crippen LogP contribution in [0.5, 0.6) is 0 Å². The van der Waals surface area contributed by atoms with Crippen LogP contribution in [0.15, 0.2) is 0 Å². The monoisotopic (exact) mass is 407 g/mol. The number of esters is 2. The molecule has 3 unspecified atom stereocenters. The van der Waals surface area contributed by atoms with Gasteiger partial charge in [-0.25, -0.2) is 4.79 Å². The molecule has 0 spiro atoms. The Kier molecular flexibility index (Phi) is 7.97. The first kappa shape index (κ1) is 22.9. The summed E-state index contributed by atoms with van der Waals surface area (Å²) in [5.74, 6) is -9.21. The second kappa shape index (κ2) is 9.72. The van der Waals surface area contributed by atoms with Gasteiger partial charge in [0.25, 0.3) is 5.78 Å². The zero-order chi connectivity index (χ0) is 21.6. The Morgan fingerprint density at radius 3 is 2.04 bits per heavy atom. The molecule has 0 saturated carbocycles. The van der Waals surface area contributed by atoms with E-state index in [0.29, 0.717) is 0 Å². The molecule has 14 nitrogen and oxygen atoms in total. The maximum absolute atomic E-state index is 12.2. The van der Waals surface area contributed by atoms with Crippen LogP contribution < -0.4 is 5.32 Å². The fraction of sp³-hybridized carbons (Fsp3) is 0.571. The zero-order valence-corrected chi connectivity index (χ0v) is 14.0. The lowest BCUT2D eigenvalue weighted by atomic mass is 10.1. The van der Waals surface area contributed by atoms with Crippen molar-refractivity contribution in [2.75, 3.05) is 6.61 Å². The maximum Gasteiger partial charge on any atom is 0.379 e. The van der Waals surface area contributed by atoms with Crippen LogP contribution >= 0.6 is 0 Å². The van der Waals surface area contributed by atoms with E-state index in [4.69, 9.17) is 25.2 Å². The Balaban J connectivity index is 3.01. The zero-order valence-electron chi connectivity index (χ0n) is 14.0. The molecule has 5 atom stereocenters. The van der Waals surface area contributed by atoms with Gasteiger partial charge in [-0.3, -0.25) is 29.3 Å². The van der Waals surface area contributed by atoms with Crippen molar-refractivity contribution in [1.82, 2.24) is 5.32 Å². The Morgan fingerprint density at radius 2 is 1.57 bits per heavy atom. The summed E-state index contributed by atoms with van der Waals surface area (Å²) in [6, 6.07) is -3.78. The number of cyclic esters (lactones) is 1. The first-order valence-corrected chi connectivity index (χ1v) is 7.64. The summed E-state index contributed by atoms with van der Waals surface area (Å²) < 4.78 is 9.19. The van der Waals surface area contributed by atoms with Gasteiger partial charge < -0.3 is 35.0 Å². The second-order valence-corrected chi connectivity index (χ2v) is 5.65. The predicted octanol–water partition coefficient (Wildman–Crippen LogP) is -3.89. The standard InChI is InChI=1S/C14H17NO13/c16-3-6(17)10-11(9(22)14(26)27-10)28-13(25)5(2-8(20)21)15-4(12(23)24)1-7(18)19/h4-6,10-11,15-17H,1-3H2,(H,18,19)(H,20,21)(H,23,24)/t4?,5?,6-,10+,11?/m0/s1. The third-order valence-electron chi connectivity index (χ3n) is 3.55. The number of ketones is 1. The molecule has 0 radical (unpaired) electrons. The van der Waals surface area contributed by atoms with E-state index >= 15 is 0 Å². The Morgan fingerprint density at radius 1 is 1.04 bits per heavy atom. The van der Waals surface area contributed by atoms with Crippen LogP contribution in [0.2, 0.25) is 0 Å². The van der Waals surface area contributed by atoms with Crippen molar-refractivity contribution in [2.24, 2.45) is 0 Å². The Hall–Kier alpha value is -3.10. The molecule has 1 fully saturated rings. The number of hydrogen-bond acceptors (Lipinski definition) is 11. The second-order valence-electron chi connectivity index (χ2n) is 5.65. The van der Waals surface area contributed by atoms with Gasteiger partial charge >= 0.3 is 29.8 Å². The van der Waals surface area contributed by atoms with Gasteiger partial charge in [0.2, 0.25) is 6.10 Å². The van der Waals surface area contributed by atoms with Crippen LogP contribution in [0.4, 0.5) is 0 Å². The summed E-state index contributed by atoms with van der Waals surface area (Å²) in [6.45, 7) is -0.963. The first-order chi connectivity index (χ1) is 13.0. The molecule has 6 N–H and O–H groups in total. The summed E-state index contributed by atoms with van der Waals surface area (Å²) in [4.78, 5) is 68.0. The number of carboxylic acids is 3. The van der Waals surface area contributed by atoms with Crippen molar-refractivity contribution < 1.29 is 63.8 Å². The first-order valence-electron chi connectivity index (χ1n) is 7.64. The number of nitrogens with one attached hydrogen (secondary N) is 1. The minimum absolute atomic E-state index is 0.963. The van der Waals surface area contributed by atoms with E-state index < -0.39 is 85.5 Å². The number of aliphatic carboxylic acids is 3. The summed E-state index contributed by atoms with van der Waals surface area (Å²) in [5.41, 5.74) is 0. The van der Waals surface area contributed by atoms with E-state index in [2.05, 4.69) is 4.74 Å². The summed E-state index contributed by atoms with van der Waals surface area (Å²) in [6.07, 6.45) is -7.62. The van der Waals surface area contributed by atoms with Crippen molar-refractivity contribution in [2.45, 2.75) is 43.2 Å². The molecule has 28 heavy (non-hydrogen) atoms. The number of carbonyl (C=O) groups excluding carboxylic acids is 3. The van der Waals surface area contributed by atoms with E-state index in [1.54, 1.807) is 0 Å². The summed E-state index contributed by atoms with van der Waals surface area (Å²) in [7, 11) is 0. The molecule has 0 aromatic rings. The van der Waals surface area contributed by atoms with E-state index in [1.165, 1.54) is 0 Å². The summed E-state index contributed by atoms with van der Waals surface area (Å²) >= 11 is 0. The molecule has 1 aliphatic rings. The number of carboxylic acid groups (broad SMARTS) is 3. The molecule has 1 aliphatic heterocycles. The lowest BCUT2D eigenvalue weighted by molar-refractivity contribution is -0.165. The molecule has 0 aliphatic carbocycles. The molecular weight excluding hydrogens is 390 g/mol. The van der Waals surface area contributed by atoms with Crippen molar-refractivity contribution >= 4 is 35.6 Å². The van der Waals surface area contributed by atoms with Crippen molar-refractivity contribution in [3.05, 3.63) is 0 Å². The largest absolute Gasteiger partial charge is 0.481 e. The van der Waals surface area contributed by atoms with Crippen molar-refractivity contribution in [1.29, 1.82) is 0 Å². The number of aliphatic hydroxyl groups excluding tert-OH is 2. The van der Waals surface area contributed by atoms with Gasteiger partial charge in [0.05, 0.1) is 19.4 Å². The van der Waals surface area contributed by atoms with E-state index in [1.807, 2.05) is 5.32 Å². The molecule has 1 rings (SSSR count). The molecule has 1 saturated heterocycles. The number of hydrogen-bond donors (Lipinski definition) is 6. The Labute approximate surface area is 155 Å². The molecule has 1 heterocycles. The molecule has 0 amide bonds. The van der Waals surface area contributed by atoms with Gasteiger partial charge in [0.1, 0.15) is 18.2 Å². The van der Waals surface area contributed by atoms with Crippen LogP contribution in [0, 0.1) is 0 Å². The van der Waals surface area contributed by atoms with Gasteiger partial charge in [-0.2, -0.15) is 0 Å². The average molecular weight is 407 g/mol. The fourth-order valence-corrected chi connectivity index (χ4v) is 2.24. The minimum Gasteiger partial charge on any atom is -0.481 e. The van der Waals surface area contributed by atoms with Crippen LogP contribution in [0.1, 0.15) is 12.8 Å². The third-order valence-corrected chi connectivity index (χ3v) is 3.55. The number of aliphatic hydroxyl groups is 2. The van der Waals surface area contributed by atoms with E-state index in [9.17, 15) is 33.9 Å². The van der Waals surface area contributed by atoms with Crippen molar-refractivity contribution in [3.63, 3.8) is 0 Å². The van der Waals surface area contributed by atoms with Crippen LogP contribution in [0.3, 0.4) is 0 Å². The van der Waals surface area contributed by atoms with Gasteiger partial charge in [0.15, 0.2) is 6.10 Å². The van der Waals surface area contributed by atoms with E-state index in [0.717, 1.165) is 0 Å². The highest BCUT2D eigenvalue weighted by Crippen LogP contribution is 2.20. The smallest absolute Gasteiger partial charge is 0.379 e. The molecular formula is C14H17NO13. The lowest BCUT2D eigenvalue weighted by Crippen LogP contribution is -2.51. The average Bonchev–Trinajstić information content (AvgIpc) is 2.87. The van der Waals surface area contributed by atoms with Crippen molar-refractivity contribution in [3.8, 4) is 0 Å². The van der Waals surface area contributed by atoms with Gasteiger partial charge in [-0.15, -0.1) is 0 Å². The number of ether oxygens (including phenoxy) is 2. The van der Waals surface area contributed by atoms with E-state index in [-0.39, 0.29) is 0 Å². The topological polar surface area (TPSA) is 234 Å². The molecule has 0 bridgehead atoms. The molecule has 156 valence electrons. The normalized spacial score (nSPS) is 22.1. The number of Topliss-reactive ketones (excluding diaryl/α,β-unsaturated/α-hetero) is 1. The lowest BCUT2D eigenvalue weighted by Gasteiger charge is -2.24.